The number of halogens is 1. The van der Waals surface area contributed by atoms with Gasteiger partial charge in [0.1, 0.15) is 0 Å². The Labute approximate surface area is 182 Å². The number of amides is 1. The Morgan fingerprint density at radius 1 is 1.06 bits per heavy atom. The smallest absolute Gasteiger partial charge is 0.223 e. The van der Waals surface area contributed by atoms with Crippen LogP contribution in [0.25, 0.3) is 0 Å². The standard InChI is InChI=1S/C22H28FN3O4S/c1-17(27)26-12-6-11-25(31(2,29)30)14-13-24(15-18-7-3-4-10-21(18)26)16-19-8-5-9-20(23)22(19)28/h3-5,7-10,28H,6,11-16H2,1-2H3. The average Bonchev–Trinajstić information content (AvgIpc) is 2.73. The molecule has 2 aromatic carbocycles. The maximum absolute atomic E-state index is 13.8. The monoisotopic (exact) mass is 449 g/mol. The van der Waals surface area contributed by atoms with Crippen molar-refractivity contribution in [3.8, 4) is 5.75 Å². The van der Waals surface area contributed by atoms with Crippen LogP contribution in [0.2, 0.25) is 0 Å². The van der Waals surface area contributed by atoms with E-state index in [0.29, 0.717) is 38.2 Å². The van der Waals surface area contributed by atoms with Gasteiger partial charge in [0.05, 0.1) is 6.26 Å². The highest BCUT2D eigenvalue weighted by Crippen LogP contribution is 2.27. The second-order valence-electron chi connectivity index (χ2n) is 7.77. The van der Waals surface area contributed by atoms with E-state index in [4.69, 9.17) is 0 Å². The number of carbonyl (C=O) groups excluding carboxylic acids is 1. The first-order valence-electron chi connectivity index (χ1n) is 10.2. The molecule has 0 spiro atoms. The number of phenols is 1. The van der Waals surface area contributed by atoms with Crippen LogP contribution in [0, 0.1) is 5.82 Å². The van der Waals surface area contributed by atoms with Crippen LogP contribution in [0.4, 0.5) is 10.1 Å². The summed E-state index contributed by atoms with van der Waals surface area (Å²) in [5.41, 5.74) is 2.10. The minimum Gasteiger partial charge on any atom is -0.505 e. The zero-order valence-electron chi connectivity index (χ0n) is 17.8. The van der Waals surface area contributed by atoms with E-state index in [9.17, 15) is 22.7 Å². The Balaban J connectivity index is 1.99. The molecule has 168 valence electrons. The minimum atomic E-state index is -3.43. The SMILES string of the molecule is CC(=O)N1CCCN(S(C)(=O)=O)CCN(Cc2cccc(F)c2O)Cc2ccccc21. The fourth-order valence-electron chi connectivity index (χ4n) is 3.84. The van der Waals surface area contributed by atoms with Crippen molar-refractivity contribution < 1.29 is 22.7 Å². The van der Waals surface area contributed by atoms with E-state index in [-0.39, 0.29) is 19.0 Å². The molecule has 1 heterocycles. The van der Waals surface area contributed by atoms with Crippen molar-refractivity contribution in [2.24, 2.45) is 0 Å². The lowest BCUT2D eigenvalue weighted by Crippen LogP contribution is -2.39. The number of aromatic hydroxyl groups is 1. The molecule has 0 radical (unpaired) electrons. The minimum absolute atomic E-state index is 0.119. The summed E-state index contributed by atoms with van der Waals surface area (Å²) >= 11 is 0. The van der Waals surface area contributed by atoms with E-state index in [2.05, 4.69) is 0 Å². The lowest BCUT2D eigenvalue weighted by Gasteiger charge is -2.27. The van der Waals surface area contributed by atoms with Gasteiger partial charge in [0.15, 0.2) is 11.6 Å². The summed E-state index contributed by atoms with van der Waals surface area (Å²) in [5.74, 6) is -1.22. The summed E-state index contributed by atoms with van der Waals surface area (Å²) in [4.78, 5) is 16.0. The number of phenolic OH excluding ortho intramolecular Hbond substituents is 1. The van der Waals surface area contributed by atoms with E-state index >= 15 is 0 Å². The molecule has 1 aliphatic rings. The van der Waals surface area contributed by atoms with Crippen molar-refractivity contribution >= 4 is 21.6 Å². The average molecular weight is 450 g/mol. The van der Waals surface area contributed by atoms with Gasteiger partial charge in [0, 0.05) is 57.4 Å². The highest BCUT2D eigenvalue weighted by Gasteiger charge is 2.23. The molecular formula is C22H28FN3O4S. The summed E-state index contributed by atoms with van der Waals surface area (Å²) in [6, 6.07) is 11.9. The van der Waals surface area contributed by atoms with Crippen molar-refractivity contribution in [3.63, 3.8) is 0 Å². The molecule has 0 aliphatic carbocycles. The zero-order chi connectivity index (χ0) is 22.6. The molecule has 0 bridgehead atoms. The number of fused-ring (bicyclic) bond motifs is 1. The Morgan fingerprint density at radius 2 is 1.81 bits per heavy atom. The summed E-state index contributed by atoms with van der Waals surface area (Å²) in [6.07, 6.45) is 1.68. The molecule has 7 nitrogen and oxygen atoms in total. The molecule has 1 aliphatic heterocycles. The number of para-hydroxylation sites is 2. The molecule has 2 aromatic rings. The number of benzene rings is 2. The Hall–Kier alpha value is -2.49. The Kier molecular flexibility index (Phi) is 7.30. The summed E-state index contributed by atoms with van der Waals surface area (Å²) < 4.78 is 39.8. The molecular weight excluding hydrogens is 421 g/mol. The van der Waals surface area contributed by atoms with Crippen LogP contribution in [0.3, 0.4) is 0 Å². The van der Waals surface area contributed by atoms with Crippen molar-refractivity contribution in [1.29, 1.82) is 0 Å². The first kappa shape index (κ1) is 23.2. The Bertz CT molecular complexity index is 1040. The molecule has 0 atom stereocenters. The number of carbonyl (C=O) groups is 1. The van der Waals surface area contributed by atoms with Crippen molar-refractivity contribution in [2.45, 2.75) is 26.4 Å². The predicted molar refractivity (Wildman–Crippen MR) is 118 cm³/mol. The van der Waals surface area contributed by atoms with Gasteiger partial charge in [-0.05, 0) is 24.1 Å². The third-order valence-electron chi connectivity index (χ3n) is 5.44. The molecule has 0 unspecified atom stereocenters. The van der Waals surface area contributed by atoms with Gasteiger partial charge in [0.25, 0.3) is 0 Å². The third kappa shape index (κ3) is 5.81. The maximum Gasteiger partial charge on any atom is 0.223 e. The molecule has 1 amide bonds. The van der Waals surface area contributed by atoms with Gasteiger partial charge < -0.3 is 10.0 Å². The summed E-state index contributed by atoms with van der Waals surface area (Å²) in [7, 11) is -3.43. The molecule has 0 saturated heterocycles. The second kappa shape index (κ2) is 9.76. The Morgan fingerprint density at radius 3 is 2.52 bits per heavy atom. The van der Waals surface area contributed by atoms with E-state index in [1.165, 1.54) is 29.6 Å². The molecule has 31 heavy (non-hydrogen) atoms. The highest BCUT2D eigenvalue weighted by molar-refractivity contribution is 7.88. The first-order valence-corrected chi connectivity index (χ1v) is 12.0. The fourth-order valence-corrected chi connectivity index (χ4v) is 4.71. The zero-order valence-corrected chi connectivity index (χ0v) is 18.6. The number of anilines is 1. The van der Waals surface area contributed by atoms with Crippen LogP contribution in [-0.2, 0) is 27.9 Å². The van der Waals surface area contributed by atoms with Crippen molar-refractivity contribution in [3.05, 3.63) is 59.4 Å². The van der Waals surface area contributed by atoms with E-state index in [0.717, 1.165) is 11.3 Å². The molecule has 0 aromatic heterocycles. The maximum atomic E-state index is 13.8. The topological polar surface area (TPSA) is 81.2 Å². The largest absolute Gasteiger partial charge is 0.505 e. The van der Waals surface area contributed by atoms with E-state index in [1.54, 1.807) is 11.0 Å². The number of rotatable bonds is 3. The van der Waals surface area contributed by atoms with Gasteiger partial charge >= 0.3 is 0 Å². The van der Waals surface area contributed by atoms with Crippen LogP contribution < -0.4 is 4.90 Å². The van der Waals surface area contributed by atoms with Crippen LogP contribution in [0.5, 0.6) is 5.75 Å². The predicted octanol–water partition coefficient (Wildman–Crippen LogP) is 2.55. The molecule has 0 fully saturated rings. The highest BCUT2D eigenvalue weighted by atomic mass is 32.2. The molecule has 3 rings (SSSR count). The lowest BCUT2D eigenvalue weighted by atomic mass is 10.1. The quantitative estimate of drug-likeness (QED) is 0.779. The van der Waals surface area contributed by atoms with Gasteiger partial charge in [0.2, 0.25) is 15.9 Å². The van der Waals surface area contributed by atoms with Crippen LogP contribution in [-0.4, -0.2) is 61.1 Å². The number of hydrogen-bond donors (Lipinski definition) is 1. The summed E-state index contributed by atoms with van der Waals surface area (Å²) in [6.45, 7) is 3.48. The normalized spacial score (nSPS) is 17.1. The van der Waals surface area contributed by atoms with Gasteiger partial charge in [-0.2, -0.15) is 0 Å². The van der Waals surface area contributed by atoms with Crippen molar-refractivity contribution in [2.75, 3.05) is 37.3 Å². The fraction of sp³-hybridized carbons (Fsp3) is 0.409. The lowest BCUT2D eigenvalue weighted by molar-refractivity contribution is -0.116. The van der Waals surface area contributed by atoms with Gasteiger partial charge in [-0.25, -0.2) is 17.1 Å². The number of sulfonamides is 1. The van der Waals surface area contributed by atoms with Crippen LogP contribution in [0.1, 0.15) is 24.5 Å². The van der Waals surface area contributed by atoms with E-state index in [1.807, 2.05) is 29.2 Å². The first-order chi connectivity index (χ1) is 14.7. The summed E-state index contributed by atoms with van der Waals surface area (Å²) in [5, 5.41) is 10.1. The van der Waals surface area contributed by atoms with Gasteiger partial charge in [-0.15, -0.1) is 0 Å². The van der Waals surface area contributed by atoms with E-state index < -0.39 is 21.6 Å². The second-order valence-corrected chi connectivity index (χ2v) is 9.76. The number of hydrogen-bond acceptors (Lipinski definition) is 5. The van der Waals surface area contributed by atoms with Crippen LogP contribution in [0.15, 0.2) is 42.5 Å². The van der Waals surface area contributed by atoms with Gasteiger partial charge in [-0.3, -0.25) is 9.69 Å². The molecule has 1 N–H and O–H groups in total. The van der Waals surface area contributed by atoms with Crippen LogP contribution >= 0.6 is 0 Å². The van der Waals surface area contributed by atoms with Crippen molar-refractivity contribution in [1.82, 2.24) is 9.21 Å². The third-order valence-corrected chi connectivity index (χ3v) is 6.75. The molecule has 0 saturated carbocycles. The van der Waals surface area contributed by atoms with Gasteiger partial charge in [-0.1, -0.05) is 30.3 Å². The molecule has 9 heteroatoms. The number of nitrogens with zero attached hydrogens (tertiary/aromatic N) is 3.